The number of hydrogen-bond acceptors (Lipinski definition) is 5. The number of amides is 1. The maximum Gasteiger partial charge on any atom is 0.303 e. The maximum absolute atomic E-state index is 12.4. The predicted molar refractivity (Wildman–Crippen MR) is 81.8 cm³/mol. The first-order chi connectivity index (χ1) is 10.0. The second kappa shape index (κ2) is 5.57. The fourth-order valence-corrected chi connectivity index (χ4v) is 4.11. The van der Waals surface area contributed by atoms with Gasteiger partial charge >= 0.3 is 5.97 Å². The van der Waals surface area contributed by atoms with Crippen LogP contribution in [0.5, 0.6) is 0 Å². The van der Waals surface area contributed by atoms with Crippen LogP contribution in [0.15, 0.2) is 16.8 Å². The number of rotatable bonds is 4. The molecule has 7 heteroatoms. The van der Waals surface area contributed by atoms with Crippen LogP contribution in [0.1, 0.15) is 21.8 Å². The van der Waals surface area contributed by atoms with E-state index in [1.165, 1.54) is 11.3 Å². The standard InChI is InChI=1S/C14H14N2O3S2/c1-8-12(21-13(15-8)10-2-3-20-7-10)14(19)16-5-9(6-16)4-11(17)18/h2-3,7,9H,4-6H2,1H3,(H,17,18). The van der Waals surface area contributed by atoms with Gasteiger partial charge in [0.1, 0.15) is 9.88 Å². The number of likely N-dealkylation sites (tertiary alicyclic amines) is 1. The van der Waals surface area contributed by atoms with E-state index in [1.54, 1.807) is 16.2 Å². The molecule has 0 spiro atoms. The summed E-state index contributed by atoms with van der Waals surface area (Å²) in [4.78, 5) is 29.9. The number of carbonyl (C=O) groups excluding carboxylic acids is 1. The van der Waals surface area contributed by atoms with E-state index in [2.05, 4.69) is 4.98 Å². The van der Waals surface area contributed by atoms with E-state index in [4.69, 9.17) is 5.11 Å². The highest BCUT2D eigenvalue weighted by molar-refractivity contribution is 7.17. The van der Waals surface area contributed by atoms with Crippen molar-refractivity contribution in [3.63, 3.8) is 0 Å². The normalized spacial score (nSPS) is 15.0. The molecule has 0 aliphatic carbocycles. The molecule has 0 bridgehead atoms. The first-order valence-electron chi connectivity index (χ1n) is 6.55. The molecule has 0 unspecified atom stereocenters. The predicted octanol–water partition coefficient (Wildman–Crippen LogP) is 2.73. The fourth-order valence-electron chi connectivity index (χ4n) is 2.36. The lowest BCUT2D eigenvalue weighted by Gasteiger charge is -2.38. The molecule has 21 heavy (non-hydrogen) atoms. The Balaban J connectivity index is 1.70. The second-order valence-electron chi connectivity index (χ2n) is 5.12. The Bertz CT molecular complexity index is 672. The summed E-state index contributed by atoms with van der Waals surface area (Å²) in [6.45, 7) is 2.89. The molecule has 2 aromatic rings. The van der Waals surface area contributed by atoms with E-state index in [0.29, 0.717) is 18.0 Å². The summed E-state index contributed by atoms with van der Waals surface area (Å²) < 4.78 is 0. The monoisotopic (exact) mass is 322 g/mol. The van der Waals surface area contributed by atoms with E-state index in [9.17, 15) is 9.59 Å². The van der Waals surface area contributed by atoms with E-state index in [1.807, 2.05) is 23.8 Å². The third kappa shape index (κ3) is 2.84. The van der Waals surface area contributed by atoms with Gasteiger partial charge in [0, 0.05) is 30.0 Å². The minimum atomic E-state index is -0.805. The fraction of sp³-hybridized carbons (Fsp3) is 0.357. The van der Waals surface area contributed by atoms with Gasteiger partial charge in [-0.15, -0.1) is 11.3 Å². The second-order valence-corrected chi connectivity index (χ2v) is 6.90. The molecule has 2 aromatic heterocycles. The van der Waals surface area contributed by atoms with Crippen molar-refractivity contribution >= 4 is 34.6 Å². The lowest BCUT2D eigenvalue weighted by Crippen LogP contribution is -2.50. The zero-order chi connectivity index (χ0) is 15.0. The summed E-state index contributed by atoms with van der Waals surface area (Å²) in [5.74, 6) is -0.759. The lowest BCUT2D eigenvalue weighted by atomic mass is 9.96. The molecule has 5 nitrogen and oxygen atoms in total. The number of carbonyl (C=O) groups is 2. The van der Waals surface area contributed by atoms with Crippen LogP contribution in [-0.2, 0) is 4.79 Å². The molecule has 1 N–H and O–H groups in total. The van der Waals surface area contributed by atoms with Crippen LogP contribution in [0.3, 0.4) is 0 Å². The largest absolute Gasteiger partial charge is 0.481 e. The van der Waals surface area contributed by atoms with Gasteiger partial charge in [0.05, 0.1) is 12.1 Å². The smallest absolute Gasteiger partial charge is 0.303 e. The molecule has 3 heterocycles. The molecule has 3 rings (SSSR count). The van der Waals surface area contributed by atoms with Gasteiger partial charge in [-0.1, -0.05) is 0 Å². The number of nitrogens with zero attached hydrogens (tertiary/aromatic N) is 2. The molecule has 1 aliphatic rings. The van der Waals surface area contributed by atoms with Crippen LogP contribution in [0, 0.1) is 12.8 Å². The van der Waals surface area contributed by atoms with Crippen molar-refractivity contribution in [2.75, 3.05) is 13.1 Å². The van der Waals surface area contributed by atoms with Gasteiger partial charge in [-0.25, -0.2) is 4.98 Å². The molecule has 1 fully saturated rings. The zero-order valence-electron chi connectivity index (χ0n) is 11.4. The summed E-state index contributed by atoms with van der Waals surface area (Å²) in [7, 11) is 0. The lowest BCUT2D eigenvalue weighted by molar-refractivity contribution is -0.139. The van der Waals surface area contributed by atoms with Crippen LogP contribution >= 0.6 is 22.7 Å². The van der Waals surface area contributed by atoms with Crippen molar-refractivity contribution < 1.29 is 14.7 Å². The number of thiazole rings is 1. The highest BCUT2D eigenvalue weighted by Crippen LogP contribution is 2.31. The molecule has 0 saturated carbocycles. The Morgan fingerprint density at radius 3 is 2.86 bits per heavy atom. The molecule has 0 atom stereocenters. The SMILES string of the molecule is Cc1nc(-c2ccsc2)sc1C(=O)N1CC(CC(=O)O)C1. The Morgan fingerprint density at radius 1 is 1.48 bits per heavy atom. The quantitative estimate of drug-likeness (QED) is 0.939. The number of carboxylic acids is 1. The Kier molecular flexibility index (Phi) is 3.77. The van der Waals surface area contributed by atoms with Gasteiger partial charge < -0.3 is 10.0 Å². The van der Waals surface area contributed by atoms with Crippen molar-refractivity contribution in [2.24, 2.45) is 5.92 Å². The van der Waals surface area contributed by atoms with Crippen LogP contribution in [0.25, 0.3) is 10.6 Å². The topological polar surface area (TPSA) is 70.5 Å². The average Bonchev–Trinajstić information content (AvgIpc) is 3.00. The van der Waals surface area contributed by atoms with Gasteiger partial charge in [0.2, 0.25) is 0 Å². The highest BCUT2D eigenvalue weighted by atomic mass is 32.1. The van der Waals surface area contributed by atoms with Crippen molar-refractivity contribution in [3.8, 4) is 10.6 Å². The van der Waals surface area contributed by atoms with Crippen molar-refractivity contribution in [1.29, 1.82) is 0 Å². The number of aromatic nitrogens is 1. The third-order valence-corrected chi connectivity index (χ3v) is 5.34. The van der Waals surface area contributed by atoms with Gasteiger partial charge in [0.25, 0.3) is 5.91 Å². The van der Waals surface area contributed by atoms with E-state index in [0.717, 1.165) is 16.3 Å². The molecule has 110 valence electrons. The van der Waals surface area contributed by atoms with Crippen molar-refractivity contribution in [3.05, 3.63) is 27.4 Å². The number of aryl methyl sites for hydroxylation is 1. The van der Waals surface area contributed by atoms with Crippen LogP contribution in [-0.4, -0.2) is 40.0 Å². The molecular weight excluding hydrogens is 308 g/mol. The van der Waals surface area contributed by atoms with E-state index < -0.39 is 5.97 Å². The number of aliphatic carboxylic acids is 1. The van der Waals surface area contributed by atoms with E-state index >= 15 is 0 Å². The molecular formula is C14H14N2O3S2. The Hall–Kier alpha value is -1.73. The summed E-state index contributed by atoms with van der Waals surface area (Å²) in [6, 6.07) is 1.99. The van der Waals surface area contributed by atoms with Crippen LogP contribution < -0.4 is 0 Å². The van der Waals surface area contributed by atoms with Gasteiger partial charge in [-0.2, -0.15) is 11.3 Å². The number of hydrogen-bond donors (Lipinski definition) is 1. The third-order valence-electron chi connectivity index (χ3n) is 3.47. The van der Waals surface area contributed by atoms with Crippen molar-refractivity contribution in [2.45, 2.75) is 13.3 Å². The average molecular weight is 322 g/mol. The summed E-state index contributed by atoms with van der Waals surface area (Å²) in [5.41, 5.74) is 1.78. The molecule has 1 saturated heterocycles. The van der Waals surface area contributed by atoms with Gasteiger partial charge in [-0.3, -0.25) is 9.59 Å². The van der Waals surface area contributed by atoms with Gasteiger partial charge in [0.15, 0.2) is 0 Å². The Morgan fingerprint density at radius 2 is 2.24 bits per heavy atom. The first-order valence-corrected chi connectivity index (χ1v) is 8.31. The minimum Gasteiger partial charge on any atom is -0.481 e. The van der Waals surface area contributed by atoms with Crippen molar-refractivity contribution in [1.82, 2.24) is 9.88 Å². The number of thiophene rings is 1. The van der Waals surface area contributed by atoms with E-state index in [-0.39, 0.29) is 18.2 Å². The first kappa shape index (κ1) is 14.2. The molecule has 1 aliphatic heterocycles. The summed E-state index contributed by atoms with van der Waals surface area (Å²) in [5, 5.41) is 13.6. The minimum absolute atomic E-state index is 0.0341. The molecule has 0 radical (unpaired) electrons. The van der Waals surface area contributed by atoms with Crippen LogP contribution in [0.2, 0.25) is 0 Å². The highest BCUT2D eigenvalue weighted by Gasteiger charge is 2.34. The molecule has 1 amide bonds. The zero-order valence-corrected chi connectivity index (χ0v) is 13.0. The number of carboxylic acid groups (broad SMARTS) is 1. The summed E-state index contributed by atoms with van der Waals surface area (Å²) in [6.07, 6.45) is 0.131. The summed E-state index contributed by atoms with van der Waals surface area (Å²) >= 11 is 3.01. The maximum atomic E-state index is 12.4. The van der Waals surface area contributed by atoms with Crippen LogP contribution in [0.4, 0.5) is 0 Å². The van der Waals surface area contributed by atoms with Gasteiger partial charge in [-0.05, 0) is 18.4 Å². The molecule has 0 aromatic carbocycles. The Labute approximate surface area is 129 Å².